The first-order valence-corrected chi connectivity index (χ1v) is 38.2. The van der Waals surface area contributed by atoms with E-state index in [2.05, 4.69) is 171 Å². The minimum Gasteiger partial charge on any atom is -0.364 e. The van der Waals surface area contributed by atoms with Crippen molar-refractivity contribution >= 4 is 159 Å². The molecule has 4 aromatic heterocycles. The monoisotopic (exact) mass is 1590 g/mol. The van der Waals surface area contributed by atoms with Gasteiger partial charge in [0.15, 0.2) is 45.5 Å². The molecule has 0 saturated heterocycles. The van der Waals surface area contributed by atoms with E-state index in [0.717, 1.165) is 120 Å². The van der Waals surface area contributed by atoms with Crippen LogP contribution in [0.5, 0.6) is 0 Å². The Morgan fingerprint density at radius 1 is 0.573 bits per heavy atom. The van der Waals surface area contributed by atoms with Gasteiger partial charge in [0.25, 0.3) is 0 Å². The number of ketones is 2. The number of imidazole rings is 2. The molecule has 552 valence electrons. The van der Waals surface area contributed by atoms with Gasteiger partial charge in [0.05, 0.1) is 23.7 Å². The number of carbonyl (C=O) groups excluding carboxylic acids is 6. The lowest BCUT2D eigenvalue weighted by Crippen LogP contribution is -2.42. The van der Waals surface area contributed by atoms with Gasteiger partial charge in [-0.25, -0.2) is 19.6 Å². The number of fused-ring (bicyclic) bond motifs is 2. The first-order chi connectivity index (χ1) is 49.5. The van der Waals surface area contributed by atoms with Crippen LogP contribution in [0.3, 0.4) is 0 Å². The molecule has 4 fully saturated rings. The number of urea groups is 1. The van der Waals surface area contributed by atoms with Crippen molar-refractivity contribution in [2.24, 2.45) is 16.8 Å². The molecular weight excluding hydrogens is 1500 g/mol. The van der Waals surface area contributed by atoms with Gasteiger partial charge in [-0.1, -0.05) is 101 Å². The zero-order valence-electron chi connectivity index (χ0n) is 60.1. The first kappa shape index (κ1) is 82.4. The number of halogens is 5. The van der Waals surface area contributed by atoms with Gasteiger partial charge in [-0.05, 0) is 209 Å². The zero-order valence-corrected chi connectivity index (χ0v) is 65.5. The van der Waals surface area contributed by atoms with E-state index in [9.17, 15) is 28.8 Å². The predicted octanol–water partition coefficient (Wildman–Crippen LogP) is 17.3. The molecule has 0 bridgehead atoms. The summed E-state index contributed by atoms with van der Waals surface area (Å²) >= 11 is 21.5. The van der Waals surface area contributed by atoms with E-state index in [1.807, 2.05) is 36.9 Å². The number of hydrogen-bond acceptors (Lipinski definition) is 18. The molecule has 28 heteroatoms. The van der Waals surface area contributed by atoms with Crippen molar-refractivity contribution in [1.29, 1.82) is 0 Å². The smallest absolute Gasteiger partial charge is 0.319 e. The van der Waals surface area contributed by atoms with Crippen molar-refractivity contribution in [3.05, 3.63) is 141 Å². The maximum atomic E-state index is 12.6. The van der Waals surface area contributed by atoms with E-state index in [-0.39, 0.29) is 70.1 Å². The molecule has 0 spiro atoms. The number of rotatable bonds is 23. The number of benzene rings is 4. The summed E-state index contributed by atoms with van der Waals surface area (Å²) in [5.41, 5.74) is 7.62. The van der Waals surface area contributed by atoms with Crippen LogP contribution in [-0.4, -0.2) is 128 Å². The van der Waals surface area contributed by atoms with Crippen LogP contribution < -0.4 is 37.2 Å². The summed E-state index contributed by atoms with van der Waals surface area (Å²) in [5, 5.41) is 23.2. The highest BCUT2D eigenvalue weighted by Gasteiger charge is 2.33. The number of isocyanates is 1. The van der Waals surface area contributed by atoms with E-state index >= 15 is 0 Å². The highest BCUT2D eigenvalue weighted by atomic mass is 79.9. The number of anilines is 5. The van der Waals surface area contributed by atoms with E-state index in [0.29, 0.717) is 65.4 Å². The summed E-state index contributed by atoms with van der Waals surface area (Å²) in [4.78, 5) is 101. The second-order valence-corrected chi connectivity index (χ2v) is 29.1. The summed E-state index contributed by atoms with van der Waals surface area (Å²) in [7, 11) is 0. The molecule has 8 aromatic rings. The van der Waals surface area contributed by atoms with Gasteiger partial charge in [-0.2, -0.15) is 24.9 Å². The Balaban J connectivity index is 0.000000212. The van der Waals surface area contributed by atoms with Gasteiger partial charge < -0.3 is 51.3 Å². The molecule has 4 saturated carbocycles. The van der Waals surface area contributed by atoms with Gasteiger partial charge in [0.1, 0.15) is 0 Å². The molecule has 3 amide bonds. The molecule has 23 nitrogen and oxygen atoms in total. The molecule has 4 heterocycles. The van der Waals surface area contributed by atoms with Crippen molar-refractivity contribution in [3.8, 4) is 0 Å². The fourth-order valence-electron chi connectivity index (χ4n) is 11.3. The van der Waals surface area contributed by atoms with Crippen molar-refractivity contribution in [2.45, 2.75) is 189 Å². The summed E-state index contributed by atoms with van der Waals surface area (Å²) in [6.45, 7) is 22.8. The second kappa shape index (κ2) is 42.2. The molecule has 0 aliphatic heterocycles. The van der Waals surface area contributed by atoms with E-state index in [1.54, 1.807) is 48.5 Å². The number of nitrogens with one attached hydrogen (secondary N) is 7. The van der Waals surface area contributed by atoms with Gasteiger partial charge in [-0.15, -0.1) is 23.2 Å². The third-order valence-corrected chi connectivity index (χ3v) is 19.0. The molecule has 4 aromatic carbocycles. The minimum atomic E-state index is -0.265. The molecule has 0 unspecified atom stereocenters. The number of Topliss-reactive ketones (excluding diaryl/α,β-unsaturated/α-hetero) is 2. The fourth-order valence-corrected chi connectivity index (χ4v) is 12.1. The van der Waals surface area contributed by atoms with Crippen molar-refractivity contribution < 1.29 is 28.8 Å². The van der Waals surface area contributed by atoms with Crippen LogP contribution in [-0.2, 0) is 27.5 Å². The van der Waals surface area contributed by atoms with Gasteiger partial charge >= 0.3 is 6.03 Å². The van der Waals surface area contributed by atoms with Crippen LogP contribution in [0.4, 0.5) is 39.7 Å². The lowest BCUT2D eigenvalue weighted by Gasteiger charge is -2.29. The van der Waals surface area contributed by atoms with E-state index in [4.69, 9.17) is 54.7 Å². The Morgan fingerprint density at radius 3 is 1.37 bits per heavy atom. The average molecular weight is 1600 g/mol. The van der Waals surface area contributed by atoms with Crippen LogP contribution >= 0.6 is 66.7 Å². The summed E-state index contributed by atoms with van der Waals surface area (Å²) in [6.07, 6.45) is 16.6. The number of nitrogens with zero attached hydrogens (tertiary/aromatic N) is 10. The molecule has 4 aliphatic rings. The standard InChI is InChI=1S/C30H35BrN8O2.C25H32BrN7O.C9H7NO2.C6H15N.C4H5ClO.CH2Cl2/c1-18(2)39-17-33-26-27(32-16-20-7-9-22(31)10-8-20)37-29(38-28(26)39)34-23-11-13-24(14-12-23)35-30(41)36-25-6-4-5-21(15-25)19(3)40;1-15(2)33-14-28-21-22(27-13-16-3-7-18(26)8-4-16)31-25(32-23(21)33)30-20-11-9-19(10-12-20)29-24(34)17-5-6-17;1-7(12)8-3-2-4-9(5-8)10-6-11;1-4-7(5-2)6-3;5-4(6)3-1-2-3;2-1-3/h4-10,15,17-18,23-24H,11-14,16H2,1-3H3,(H2,35,36,41)(H2,32,34,37,38);3-4,7-8,14-15,17,19-20H,5-6,9-13H2,1-2H3,(H,29,34)(H2,27,30,31,32);2-5H,1H3;4-6H2,1-3H3;3H,1-2H2;1H2. The van der Waals surface area contributed by atoms with Crippen LogP contribution in [0.15, 0.2) is 124 Å². The van der Waals surface area contributed by atoms with Crippen molar-refractivity contribution in [1.82, 2.24) is 54.6 Å². The molecule has 103 heavy (non-hydrogen) atoms. The van der Waals surface area contributed by atoms with Gasteiger partial charge in [0.2, 0.25) is 29.1 Å². The topological polar surface area (TPSA) is 289 Å². The first-order valence-electron chi connectivity index (χ1n) is 35.2. The van der Waals surface area contributed by atoms with E-state index in [1.165, 1.54) is 45.1 Å². The lowest BCUT2D eigenvalue weighted by atomic mass is 9.91. The number of aliphatic imine (C=N–C) groups is 1. The number of carbonyl (C=O) groups is 5. The Kier molecular flexibility index (Phi) is 33.7. The Hall–Kier alpha value is -7.90. The van der Waals surface area contributed by atoms with Crippen molar-refractivity contribution in [2.75, 3.05) is 51.6 Å². The highest BCUT2D eigenvalue weighted by Crippen LogP contribution is 2.33. The SMILES string of the molecule is CC(=O)c1cccc(N=C=O)c1.CC(=O)c1cccc(NC(=O)NC2CCC(Nc3nc(NCc4ccc(Br)cc4)c4ncn(C(C)C)c4n3)CC2)c1.CC(C)n1cnc2c(NCc3ccc(Br)cc3)nc(NC3CCC(NC(=O)C4CC4)CC3)nc21.CCN(CC)CC.ClCCl.O=C(Cl)C1CC1. The largest absolute Gasteiger partial charge is 0.364 e. The Morgan fingerprint density at radius 2 is 0.990 bits per heavy atom. The Labute approximate surface area is 635 Å². The summed E-state index contributed by atoms with van der Waals surface area (Å²) < 4.78 is 6.23. The van der Waals surface area contributed by atoms with Gasteiger partial charge in [0, 0.05) is 86.9 Å². The average Bonchev–Trinajstić information content (AvgIpc) is 1.69. The number of hydrogen-bond donors (Lipinski definition) is 7. The lowest BCUT2D eigenvalue weighted by molar-refractivity contribution is -0.123. The summed E-state index contributed by atoms with van der Waals surface area (Å²) in [6, 6.07) is 30.9. The molecule has 7 N–H and O–H groups in total. The fraction of sp³-hybridized carbons (Fsp3) is 0.467. The van der Waals surface area contributed by atoms with E-state index < -0.39 is 0 Å². The third kappa shape index (κ3) is 27.3. The van der Waals surface area contributed by atoms with Crippen LogP contribution in [0.25, 0.3) is 22.3 Å². The van der Waals surface area contributed by atoms with Crippen LogP contribution in [0.2, 0.25) is 0 Å². The normalized spacial score (nSPS) is 16.6. The molecule has 4 aliphatic carbocycles. The third-order valence-electron chi connectivity index (χ3n) is 17.6. The van der Waals surface area contributed by atoms with Gasteiger partial charge in [-0.3, -0.25) is 19.2 Å². The maximum absolute atomic E-state index is 12.6. The quantitative estimate of drug-likeness (QED) is 0.0103. The maximum Gasteiger partial charge on any atom is 0.319 e. The Bertz CT molecular complexity index is 4070. The zero-order chi connectivity index (χ0) is 74.5. The molecule has 12 rings (SSSR count). The number of aromatic nitrogens is 8. The predicted molar refractivity (Wildman–Crippen MR) is 421 cm³/mol. The summed E-state index contributed by atoms with van der Waals surface area (Å²) in [5.74, 6) is 3.28. The second-order valence-electron chi connectivity index (χ2n) is 26.1. The van der Waals surface area contributed by atoms with Crippen molar-refractivity contribution in [3.63, 3.8) is 0 Å². The number of alkyl halides is 2. The minimum absolute atomic E-state index is 0.0378. The highest BCUT2D eigenvalue weighted by molar-refractivity contribution is 9.10. The van der Waals surface area contributed by atoms with Crippen LogP contribution in [0.1, 0.15) is 183 Å². The number of amides is 3. The van der Waals surface area contributed by atoms with Crippen LogP contribution in [0, 0.1) is 11.8 Å². The molecular formula is C75H96Br2Cl3N17O6. The molecule has 0 atom stereocenters. The molecule has 0 radical (unpaired) electrons.